The van der Waals surface area contributed by atoms with Crippen LogP contribution in [0.1, 0.15) is 44.2 Å². The summed E-state index contributed by atoms with van der Waals surface area (Å²) < 4.78 is 0. The van der Waals surface area contributed by atoms with Crippen LogP contribution in [0.5, 0.6) is 0 Å². The highest BCUT2D eigenvalue weighted by Crippen LogP contribution is 2.27. The fourth-order valence-corrected chi connectivity index (χ4v) is 3.62. The predicted molar refractivity (Wildman–Crippen MR) is 109 cm³/mol. The Morgan fingerprint density at radius 3 is 2.31 bits per heavy atom. The molecule has 0 aliphatic carbocycles. The molecule has 1 atom stereocenters. The van der Waals surface area contributed by atoms with Gasteiger partial charge in [0, 0.05) is 24.5 Å². The van der Waals surface area contributed by atoms with Gasteiger partial charge >= 0.3 is 0 Å². The molecule has 0 bridgehead atoms. The Labute approximate surface area is 155 Å². The number of aromatic nitrogens is 2. The molecule has 4 heteroatoms. The summed E-state index contributed by atoms with van der Waals surface area (Å²) in [6.07, 6.45) is 5.05. The Hall–Kier alpha value is -2.62. The topological polar surface area (TPSA) is 41.1 Å². The second-order valence-electron chi connectivity index (χ2n) is 7.07. The molecule has 1 N–H and O–H groups in total. The molecule has 1 aliphatic heterocycles. The lowest BCUT2D eigenvalue weighted by Gasteiger charge is -2.23. The number of rotatable bonds is 4. The first-order valence-corrected chi connectivity index (χ1v) is 9.64. The van der Waals surface area contributed by atoms with Gasteiger partial charge in [-0.1, -0.05) is 55.3 Å². The number of hydrogen-bond acceptors (Lipinski definition) is 4. The first-order valence-electron chi connectivity index (χ1n) is 9.64. The van der Waals surface area contributed by atoms with Crippen molar-refractivity contribution in [2.24, 2.45) is 0 Å². The van der Waals surface area contributed by atoms with Crippen molar-refractivity contribution in [3.05, 3.63) is 60.2 Å². The van der Waals surface area contributed by atoms with Crippen LogP contribution in [-0.2, 0) is 0 Å². The molecule has 0 amide bonds. The van der Waals surface area contributed by atoms with Gasteiger partial charge in [0.25, 0.3) is 0 Å². The van der Waals surface area contributed by atoms with E-state index in [2.05, 4.69) is 59.6 Å². The van der Waals surface area contributed by atoms with E-state index in [1.807, 2.05) is 12.1 Å². The van der Waals surface area contributed by atoms with E-state index in [9.17, 15) is 0 Å². The minimum Gasteiger partial charge on any atom is -0.363 e. The van der Waals surface area contributed by atoms with Crippen LogP contribution in [0.3, 0.4) is 0 Å². The Bertz CT molecular complexity index is 854. The van der Waals surface area contributed by atoms with Crippen LogP contribution in [-0.4, -0.2) is 23.1 Å². The van der Waals surface area contributed by atoms with Crippen LogP contribution in [0.15, 0.2) is 54.6 Å². The maximum absolute atomic E-state index is 4.94. The number of nitrogens with one attached hydrogen (secondary N) is 1. The highest BCUT2D eigenvalue weighted by atomic mass is 15.3. The third kappa shape index (κ3) is 3.64. The summed E-state index contributed by atoms with van der Waals surface area (Å²) in [6.45, 7) is 4.27. The molecular weight excluding hydrogens is 320 g/mol. The number of hydrogen-bond donors (Lipinski definition) is 1. The van der Waals surface area contributed by atoms with Gasteiger partial charge in [0.1, 0.15) is 5.82 Å². The smallest absolute Gasteiger partial charge is 0.227 e. The molecule has 1 saturated heterocycles. The molecule has 1 fully saturated rings. The van der Waals surface area contributed by atoms with E-state index < -0.39 is 0 Å². The van der Waals surface area contributed by atoms with Crippen molar-refractivity contribution < 1.29 is 0 Å². The zero-order valence-electron chi connectivity index (χ0n) is 15.4. The molecule has 0 unspecified atom stereocenters. The molecule has 134 valence electrons. The molecule has 4 rings (SSSR count). The van der Waals surface area contributed by atoms with E-state index in [1.54, 1.807) is 0 Å². The van der Waals surface area contributed by atoms with Crippen molar-refractivity contribution >= 4 is 22.7 Å². The highest BCUT2D eigenvalue weighted by molar-refractivity contribution is 5.90. The first kappa shape index (κ1) is 16.8. The van der Waals surface area contributed by atoms with Gasteiger partial charge in [-0.2, -0.15) is 4.98 Å². The molecule has 26 heavy (non-hydrogen) atoms. The highest BCUT2D eigenvalue weighted by Gasteiger charge is 2.16. The fourth-order valence-electron chi connectivity index (χ4n) is 3.62. The van der Waals surface area contributed by atoms with E-state index >= 15 is 0 Å². The SMILES string of the molecule is C[C@H](Nc1nc(N2CCCCCC2)nc2ccccc12)c1ccccc1. The Morgan fingerprint density at radius 1 is 0.846 bits per heavy atom. The number of benzene rings is 2. The zero-order valence-corrected chi connectivity index (χ0v) is 15.4. The third-order valence-corrected chi connectivity index (χ3v) is 5.13. The molecule has 2 heterocycles. The largest absolute Gasteiger partial charge is 0.363 e. The predicted octanol–water partition coefficient (Wildman–Crippen LogP) is 5.18. The third-order valence-electron chi connectivity index (χ3n) is 5.13. The van der Waals surface area contributed by atoms with Crippen LogP contribution in [0, 0.1) is 0 Å². The second kappa shape index (κ2) is 7.73. The van der Waals surface area contributed by atoms with Crippen LogP contribution >= 0.6 is 0 Å². The van der Waals surface area contributed by atoms with Gasteiger partial charge in [0.15, 0.2) is 0 Å². The average Bonchev–Trinajstić information content (AvgIpc) is 2.98. The Kier molecular flexibility index (Phi) is 5.00. The van der Waals surface area contributed by atoms with E-state index in [4.69, 9.17) is 9.97 Å². The van der Waals surface area contributed by atoms with E-state index in [-0.39, 0.29) is 6.04 Å². The fraction of sp³-hybridized carbons (Fsp3) is 0.364. The van der Waals surface area contributed by atoms with Gasteiger partial charge in [0.05, 0.1) is 5.52 Å². The van der Waals surface area contributed by atoms with E-state index in [0.29, 0.717) is 0 Å². The van der Waals surface area contributed by atoms with Crippen molar-refractivity contribution in [1.29, 1.82) is 0 Å². The second-order valence-corrected chi connectivity index (χ2v) is 7.07. The molecule has 2 aromatic carbocycles. The number of para-hydroxylation sites is 1. The molecule has 0 saturated carbocycles. The van der Waals surface area contributed by atoms with E-state index in [1.165, 1.54) is 31.2 Å². The van der Waals surface area contributed by atoms with Crippen LogP contribution < -0.4 is 10.2 Å². The summed E-state index contributed by atoms with van der Waals surface area (Å²) >= 11 is 0. The number of anilines is 2. The minimum atomic E-state index is 0.187. The Morgan fingerprint density at radius 2 is 1.54 bits per heavy atom. The van der Waals surface area contributed by atoms with Gasteiger partial charge in [-0.25, -0.2) is 4.98 Å². The molecule has 4 nitrogen and oxygen atoms in total. The van der Waals surface area contributed by atoms with Crippen molar-refractivity contribution in [1.82, 2.24) is 9.97 Å². The number of nitrogens with zero attached hydrogens (tertiary/aromatic N) is 3. The van der Waals surface area contributed by atoms with Gasteiger partial charge in [-0.3, -0.25) is 0 Å². The minimum absolute atomic E-state index is 0.187. The lowest BCUT2D eigenvalue weighted by Crippen LogP contribution is -2.26. The van der Waals surface area contributed by atoms with Gasteiger partial charge in [-0.05, 0) is 37.5 Å². The summed E-state index contributed by atoms with van der Waals surface area (Å²) in [6, 6.07) is 19.0. The summed E-state index contributed by atoms with van der Waals surface area (Å²) in [5.74, 6) is 1.78. The van der Waals surface area contributed by atoms with E-state index in [0.717, 1.165) is 35.8 Å². The lowest BCUT2D eigenvalue weighted by atomic mass is 10.1. The summed E-state index contributed by atoms with van der Waals surface area (Å²) in [5, 5.41) is 4.70. The molecule has 1 aliphatic rings. The monoisotopic (exact) mass is 346 g/mol. The van der Waals surface area contributed by atoms with Crippen molar-refractivity contribution in [3.63, 3.8) is 0 Å². The zero-order chi connectivity index (χ0) is 17.8. The standard InChI is InChI=1S/C22H26N4/c1-17(18-11-5-4-6-12-18)23-21-19-13-7-8-14-20(19)24-22(25-21)26-15-9-2-3-10-16-26/h4-8,11-14,17H,2-3,9-10,15-16H2,1H3,(H,23,24,25)/t17-/m0/s1. The van der Waals surface area contributed by atoms with Gasteiger partial charge in [-0.15, -0.1) is 0 Å². The molecule has 1 aromatic heterocycles. The molecule has 3 aromatic rings. The summed E-state index contributed by atoms with van der Waals surface area (Å²) in [4.78, 5) is 12.1. The van der Waals surface area contributed by atoms with Crippen LogP contribution in [0.4, 0.5) is 11.8 Å². The Balaban J connectivity index is 1.70. The maximum Gasteiger partial charge on any atom is 0.227 e. The van der Waals surface area contributed by atoms with Gasteiger partial charge in [0.2, 0.25) is 5.95 Å². The van der Waals surface area contributed by atoms with Gasteiger partial charge < -0.3 is 10.2 Å². The maximum atomic E-state index is 4.94. The molecule has 0 spiro atoms. The summed E-state index contributed by atoms with van der Waals surface area (Å²) in [7, 11) is 0. The quantitative estimate of drug-likeness (QED) is 0.706. The average molecular weight is 346 g/mol. The summed E-state index contributed by atoms with van der Waals surface area (Å²) in [5.41, 5.74) is 2.26. The first-order chi connectivity index (χ1) is 12.8. The van der Waals surface area contributed by atoms with Crippen molar-refractivity contribution in [2.45, 2.75) is 38.6 Å². The number of fused-ring (bicyclic) bond motifs is 1. The van der Waals surface area contributed by atoms with Crippen molar-refractivity contribution in [3.8, 4) is 0 Å². The molecular formula is C22H26N4. The molecule has 0 radical (unpaired) electrons. The lowest BCUT2D eigenvalue weighted by molar-refractivity contribution is 0.726. The van der Waals surface area contributed by atoms with Crippen LogP contribution in [0.25, 0.3) is 10.9 Å². The van der Waals surface area contributed by atoms with Crippen LogP contribution in [0.2, 0.25) is 0 Å². The van der Waals surface area contributed by atoms with Crippen molar-refractivity contribution in [2.75, 3.05) is 23.3 Å². The normalized spacial score (nSPS) is 16.3.